The molecule has 0 atom stereocenters. The van der Waals surface area contributed by atoms with Gasteiger partial charge in [-0.2, -0.15) is 5.10 Å². The summed E-state index contributed by atoms with van der Waals surface area (Å²) in [4.78, 5) is 0.0428. The number of hydrogen-bond acceptors (Lipinski definition) is 5. The minimum atomic E-state index is -3.83. The Hall–Kier alpha value is -3.00. The maximum Gasteiger partial charge on any atom is 0.265 e. The molecule has 1 heterocycles. The zero-order valence-electron chi connectivity index (χ0n) is 13.7. The molecule has 8 heteroatoms. The molecular formula is C17H17N3O4S. The summed E-state index contributed by atoms with van der Waals surface area (Å²) in [5.74, 6) is 0.901. The van der Waals surface area contributed by atoms with Gasteiger partial charge < -0.3 is 9.47 Å². The van der Waals surface area contributed by atoms with Crippen LogP contribution in [0.4, 0.5) is 5.69 Å². The minimum Gasteiger partial charge on any atom is -0.497 e. The van der Waals surface area contributed by atoms with E-state index in [-0.39, 0.29) is 10.6 Å². The Balaban J connectivity index is 1.92. The molecule has 0 aliphatic carbocycles. The van der Waals surface area contributed by atoms with Gasteiger partial charge in [0.15, 0.2) is 0 Å². The molecule has 0 bridgehead atoms. The summed E-state index contributed by atoms with van der Waals surface area (Å²) in [6.45, 7) is 0. The van der Waals surface area contributed by atoms with Crippen LogP contribution in [0.1, 0.15) is 0 Å². The van der Waals surface area contributed by atoms with Gasteiger partial charge in [0.2, 0.25) is 0 Å². The summed E-state index contributed by atoms with van der Waals surface area (Å²) in [6, 6.07) is 14.1. The normalized spacial score (nSPS) is 11.1. The van der Waals surface area contributed by atoms with Gasteiger partial charge in [-0.15, -0.1) is 0 Å². The molecule has 7 nitrogen and oxygen atoms in total. The zero-order valence-corrected chi connectivity index (χ0v) is 14.5. The van der Waals surface area contributed by atoms with Crippen LogP contribution < -0.4 is 14.2 Å². The summed E-state index contributed by atoms with van der Waals surface area (Å²) < 4.78 is 39.6. The SMILES string of the molecule is COc1ccc(OC)c(NS(=O)(=O)c2cnn(-c3ccccc3)c2)c1. The first-order chi connectivity index (χ1) is 12.0. The summed E-state index contributed by atoms with van der Waals surface area (Å²) in [6.07, 6.45) is 2.74. The van der Waals surface area contributed by atoms with Gasteiger partial charge in [-0.25, -0.2) is 13.1 Å². The van der Waals surface area contributed by atoms with Crippen LogP contribution in [0.25, 0.3) is 5.69 Å². The van der Waals surface area contributed by atoms with Crippen LogP contribution in [0.5, 0.6) is 11.5 Å². The van der Waals surface area contributed by atoms with Gasteiger partial charge in [0.05, 0.1) is 38.0 Å². The monoisotopic (exact) mass is 359 g/mol. The highest BCUT2D eigenvalue weighted by molar-refractivity contribution is 7.92. The van der Waals surface area contributed by atoms with Crippen molar-refractivity contribution in [2.24, 2.45) is 0 Å². The Labute approximate surface area is 145 Å². The van der Waals surface area contributed by atoms with E-state index in [2.05, 4.69) is 9.82 Å². The molecule has 1 N–H and O–H groups in total. The van der Waals surface area contributed by atoms with Crippen LogP contribution in [0, 0.1) is 0 Å². The molecule has 25 heavy (non-hydrogen) atoms. The van der Waals surface area contributed by atoms with Gasteiger partial charge in [0, 0.05) is 6.07 Å². The topological polar surface area (TPSA) is 82.4 Å². The number of aromatic nitrogens is 2. The molecule has 3 rings (SSSR count). The summed E-state index contributed by atoms with van der Waals surface area (Å²) >= 11 is 0. The number of rotatable bonds is 6. The fourth-order valence-electron chi connectivity index (χ4n) is 2.26. The highest BCUT2D eigenvalue weighted by Crippen LogP contribution is 2.30. The van der Waals surface area contributed by atoms with E-state index >= 15 is 0 Å². The molecule has 0 radical (unpaired) electrons. The Morgan fingerprint density at radius 3 is 2.48 bits per heavy atom. The number of hydrogen-bond donors (Lipinski definition) is 1. The predicted molar refractivity (Wildman–Crippen MR) is 93.9 cm³/mol. The van der Waals surface area contributed by atoms with Crippen LogP contribution in [-0.4, -0.2) is 32.4 Å². The molecule has 0 aliphatic rings. The van der Waals surface area contributed by atoms with E-state index in [0.29, 0.717) is 11.5 Å². The smallest absolute Gasteiger partial charge is 0.265 e. The molecule has 2 aromatic carbocycles. The first-order valence-electron chi connectivity index (χ1n) is 7.38. The predicted octanol–water partition coefficient (Wildman–Crippen LogP) is 2.69. The zero-order chi connectivity index (χ0) is 17.9. The average Bonchev–Trinajstić information content (AvgIpc) is 3.13. The van der Waals surface area contributed by atoms with Crippen molar-refractivity contribution in [3.8, 4) is 17.2 Å². The van der Waals surface area contributed by atoms with Gasteiger partial charge in [-0.3, -0.25) is 4.72 Å². The van der Waals surface area contributed by atoms with E-state index in [9.17, 15) is 8.42 Å². The first kappa shape index (κ1) is 16.8. The van der Waals surface area contributed by atoms with Crippen LogP contribution in [0.2, 0.25) is 0 Å². The minimum absolute atomic E-state index is 0.0428. The van der Waals surface area contributed by atoms with E-state index in [1.54, 1.807) is 18.2 Å². The van der Waals surface area contributed by atoms with Crippen molar-refractivity contribution < 1.29 is 17.9 Å². The van der Waals surface area contributed by atoms with E-state index in [1.165, 1.54) is 31.3 Å². The van der Waals surface area contributed by atoms with Gasteiger partial charge >= 0.3 is 0 Å². The molecule has 0 unspecified atom stereocenters. The number of nitrogens with zero attached hydrogens (tertiary/aromatic N) is 2. The molecule has 3 aromatic rings. The van der Waals surface area contributed by atoms with Crippen molar-refractivity contribution in [2.75, 3.05) is 18.9 Å². The summed E-state index contributed by atoms with van der Waals surface area (Å²) in [5.41, 5.74) is 1.05. The van der Waals surface area contributed by atoms with E-state index in [1.807, 2.05) is 30.3 Å². The van der Waals surface area contributed by atoms with E-state index in [4.69, 9.17) is 9.47 Å². The van der Waals surface area contributed by atoms with Crippen LogP contribution >= 0.6 is 0 Å². The third kappa shape index (κ3) is 3.58. The molecule has 0 fully saturated rings. The summed E-state index contributed by atoms with van der Waals surface area (Å²) in [5, 5.41) is 4.11. The van der Waals surface area contributed by atoms with Crippen LogP contribution in [0.15, 0.2) is 65.8 Å². The van der Waals surface area contributed by atoms with Gasteiger partial charge in [0.25, 0.3) is 10.0 Å². The number of ether oxygens (including phenoxy) is 2. The van der Waals surface area contributed by atoms with E-state index < -0.39 is 10.0 Å². The third-order valence-electron chi connectivity index (χ3n) is 3.54. The van der Waals surface area contributed by atoms with Crippen molar-refractivity contribution >= 4 is 15.7 Å². The molecular weight excluding hydrogens is 342 g/mol. The van der Waals surface area contributed by atoms with Crippen molar-refractivity contribution in [3.63, 3.8) is 0 Å². The highest BCUT2D eigenvalue weighted by atomic mass is 32.2. The Kier molecular flexibility index (Phi) is 4.62. The second-order valence-corrected chi connectivity index (χ2v) is 6.81. The van der Waals surface area contributed by atoms with Gasteiger partial charge in [-0.1, -0.05) is 18.2 Å². The highest BCUT2D eigenvalue weighted by Gasteiger charge is 2.19. The summed E-state index contributed by atoms with van der Waals surface area (Å²) in [7, 11) is -0.858. The third-order valence-corrected chi connectivity index (χ3v) is 4.86. The van der Waals surface area contributed by atoms with Crippen molar-refractivity contribution in [3.05, 3.63) is 60.9 Å². The maximum atomic E-state index is 12.7. The number of sulfonamides is 1. The van der Waals surface area contributed by atoms with Crippen LogP contribution in [0.3, 0.4) is 0 Å². The average molecular weight is 359 g/mol. The number of para-hydroxylation sites is 1. The lowest BCUT2D eigenvalue weighted by Gasteiger charge is -2.12. The molecule has 0 amide bonds. The van der Waals surface area contributed by atoms with Crippen molar-refractivity contribution in [2.45, 2.75) is 4.90 Å². The lowest BCUT2D eigenvalue weighted by Crippen LogP contribution is -2.13. The van der Waals surface area contributed by atoms with E-state index in [0.717, 1.165) is 5.69 Å². The first-order valence-corrected chi connectivity index (χ1v) is 8.87. The maximum absolute atomic E-state index is 12.7. The second kappa shape index (κ2) is 6.86. The Bertz CT molecular complexity index is 969. The Morgan fingerprint density at radius 1 is 1.04 bits per heavy atom. The number of methoxy groups -OCH3 is 2. The Morgan fingerprint density at radius 2 is 1.80 bits per heavy atom. The largest absolute Gasteiger partial charge is 0.497 e. The number of nitrogens with one attached hydrogen (secondary N) is 1. The lowest BCUT2D eigenvalue weighted by atomic mass is 10.3. The lowest BCUT2D eigenvalue weighted by molar-refractivity contribution is 0.405. The molecule has 1 aromatic heterocycles. The fourth-order valence-corrected chi connectivity index (χ4v) is 3.26. The molecule has 0 spiro atoms. The molecule has 0 saturated heterocycles. The van der Waals surface area contributed by atoms with Crippen molar-refractivity contribution in [1.29, 1.82) is 0 Å². The van der Waals surface area contributed by atoms with Crippen LogP contribution in [-0.2, 0) is 10.0 Å². The van der Waals surface area contributed by atoms with Crippen molar-refractivity contribution in [1.82, 2.24) is 9.78 Å². The molecule has 0 aliphatic heterocycles. The second-order valence-electron chi connectivity index (χ2n) is 5.13. The standard InChI is InChI=1S/C17H17N3O4S/c1-23-14-8-9-17(24-2)16(10-14)19-25(21,22)15-11-18-20(12-15)13-6-4-3-5-7-13/h3-12,19H,1-2H3. The van der Waals surface area contributed by atoms with Gasteiger partial charge in [-0.05, 0) is 24.3 Å². The molecule has 130 valence electrons. The van der Waals surface area contributed by atoms with Gasteiger partial charge in [0.1, 0.15) is 16.4 Å². The molecule has 0 saturated carbocycles. The quantitative estimate of drug-likeness (QED) is 0.732. The fraction of sp³-hybridized carbons (Fsp3) is 0.118. The number of benzene rings is 2. The number of anilines is 1.